The van der Waals surface area contributed by atoms with Crippen LogP contribution < -0.4 is 5.32 Å². The zero-order valence-electron chi connectivity index (χ0n) is 9.92. The van der Waals surface area contributed by atoms with Crippen molar-refractivity contribution in [2.24, 2.45) is 0 Å². The molecule has 1 unspecified atom stereocenters. The van der Waals surface area contributed by atoms with Crippen LogP contribution in [0.1, 0.15) is 18.4 Å². The SMILES string of the molecule is O=C(NCCc1ccc(F)c(F)c1)C1CCCO1. The third kappa shape index (κ3) is 3.26. The molecule has 5 heteroatoms. The molecule has 0 aliphatic carbocycles. The largest absolute Gasteiger partial charge is 0.368 e. The average Bonchev–Trinajstić information content (AvgIpc) is 2.87. The van der Waals surface area contributed by atoms with E-state index in [2.05, 4.69) is 5.32 Å². The summed E-state index contributed by atoms with van der Waals surface area (Å²) < 4.78 is 30.9. The van der Waals surface area contributed by atoms with Crippen LogP contribution in [0.2, 0.25) is 0 Å². The highest BCUT2D eigenvalue weighted by molar-refractivity contribution is 5.80. The number of rotatable bonds is 4. The molecule has 0 aromatic heterocycles. The van der Waals surface area contributed by atoms with Gasteiger partial charge in [0, 0.05) is 13.2 Å². The minimum atomic E-state index is -0.863. The van der Waals surface area contributed by atoms with Gasteiger partial charge in [-0.1, -0.05) is 6.07 Å². The summed E-state index contributed by atoms with van der Waals surface area (Å²) in [4.78, 5) is 11.6. The number of hydrogen-bond donors (Lipinski definition) is 1. The van der Waals surface area contributed by atoms with Crippen LogP contribution >= 0.6 is 0 Å². The van der Waals surface area contributed by atoms with Crippen LogP contribution in [-0.4, -0.2) is 25.2 Å². The molecule has 0 spiro atoms. The van der Waals surface area contributed by atoms with E-state index in [0.29, 0.717) is 25.1 Å². The number of carbonyl (C=O) groups is 1. The van der Waals surface area contributed by atoms with E-state index < -0.39 is 11.6 Å². The standard InChI is InChI=1S/C13H15F2NO2/c14-10-4-3-9(8-11(10)15)5-6-16-13(17)12-2-1-7-18-12/h3-4,8,12H,1-2,5-7H2,(H,16,17). The highest BCUT2D eigenvalue weighted by atomic mass is 19.2. The second-order valence-electron chi connectivity index (χ2n) is 4.29. The van der Waals surface area contributed by atoms with Gasteiger partial charge < -0.3 is 10.1 Å². The van der Waals surface area contributed by atoms with E-state index in [4.69, 9.17) is 4.74 Å². The Kier molecular flexibility index (Phi) is 4.25. The van der Waals surface area contributed by atoms with Crippen molar-refractivity contribution in [3.05, 3.63) is 35.4 Å². The smallest absolute Gasteiger partial charge is 0.249 e. The van der Waals surface area contributed by atoms with Crippen LogP contribution in [0.5, 0.6) is 0 Å². The van der Waals surface area contributed by atoms with Gasteiger partial charge in [0.25, 0.3) is 0 Å². The zero-order valence-corrected chi connectivity index (χ0v) is 9.92. The van der Waals surface area contributed by atoms with E-state index in [1.807, 2.05) is 0 Å². The summed E-state index contributed by atoms with van der Waals surface area (Å²) >= 11 is 0. The monoisotopic (exact) mass is 255 g/mol. The number of nitrogens with one attached hydrogen (secondary N) is 1. The van der Waals surface area contributed by atoms with Crippen molar-refractivity contribution < 1.29 is 18.3 Å². The molecular formula is C13H15F2NO2. The lowest BCUT2D eigenvalue weighted by molar-refractivity contribution is -0.129. The summed E-state index contributed by atoms with van der Waals surface area (Å²) in [7, 11) is 0. The van der Waals surface area contributed by atoms with Gasteiger partial charge in [-0.2, -0.15) is 0 Å². The summed E-state index contributed by atoms with van der Waals surface area (Å²) in [5, 5.41) is 2.73. The Hall–Kier alpha value is -1.49. The molecule has 0 bridgehead atoms. The van der Waals surface area contributed by atoms with Crippen molar-refractivity contribution >= 4 is 5.91 Å². The lowest BCUT2D eigenvalue weighted by atomic mass is 10.1. The molecule has 1 saturated heterocycles. The maximum Gasteiger partial charge on any atom is 0.249 e. The Morgan fingerprint density at radius 1 is 1.39 bits per heavy atom. The van der Waals surface area contributed by atoms with E-state index >= 15 is 0 Å². The molecule has 1 aromatic carbocycles. The van der Waals surface area contributed by atoms with Gasteiger partial charge in [0.15, 0.2) is 11.6 Å². The summed E-state index contributed by atoms with van der Waals surface area (Å²) in [5.74, 6) is -1.85. The van der Waals surface area contributed by atoms with E-state index in [1.54, 1.807) is 0 Å². The van der Waals surface area contributed by atoms with E-state index in [9.17, 15) is 13.6 Å². The summed E-state index contributed by atoms with van der Waals surface area (Å²) in [6.07, 6.45) is 1.77. The molecule has 3 nitrogen and oxygen atoms in total. The number of hydrogen-bond acceptors (Lipinski definition) is 2. The Balaban J connectivity index is 1.77. The zero-order chi connectivity index (χ0) is 13.0. The van der Waals surface area contributed by atoms with Crippen molar-refractivity contribution in [3.8, 4) is 0 Å². The number of carbonyl (C=O) groups excluding carboxylic acids is 1. The number of benzene rings is 1. The first kappa shape index (κ1) is 13.0. The molecule has 0 saturated carbocycles. The fourth-order valence-corrected chi connectivity index (χ4v) is 1.92. The van der Waals surface area contributed by atoms with Crippen molar-refractivity contribution in [2.75, 3.05) is 13.2 Å². The number of halogens is 2. The van der Waals surface area contributed by atoms with E-state index in [0.717, 1.165) is 25.0 Å². The highest BCUT2D eigenvalue weighted by Gasteiger charge is 2.22. The molecule has 18 heavy (non-hydrogen) atoms. The minimum Gasteiger partial charge on any atom is -0.368 e. The van der Waals surface area contributed by atoms with E-state index in [-0.39, 0.29) is 12.0 Å². The van der Waals surface area contributed by atoms with Crippen LogP contribution in [0.15, 0.2) is 18.2 Å². The van der Waals surface area contributed by atoms with Crippen LogP contribution in [-0.2, 0) is 16.0 Å². The normalized spacial score (nSPS) is 18.9. The first-order valence-electron chi connectivity index (χ1n) is 6.00. The summed E-state index contributed by atoms with van der Waals surface area (Å²) in [6, 6.07) is 3.75. The molecule has 1 atom stereocenters. The molecule has 2 rings (SSSR count). The van der Waals surface area contributed by atoms with Gasteiger partial charge in [0.1, 0.15) is 6.10 Å². The van der Waals surface area contributed by atoms with Crippen LogP contribution in [0.4, 0.5) is 8.78 Å². The van der Waals surface area contributed by atoms with Gasteiger partial charge in [-0.05, 0) is 37.0 Å². The maximum absolute atomic E-state index is 12.9. The summed E-state index contributed by atoms with van der Waals surface area (Å²) in [5.41, 5.74) is 0.654. The second-order valence-corrected chi connectivity index (χ2v) is 4.29. The Labute approximate surface area is 104 Å². The Morgan fingerprint density at radius 3 is 2.89 bits per heavy atom. The molecule has 1 fully saturated rings. The molecule has 1 N–H and O–H groups in total. The van der Waals surface area contributed by atoms with Crippen molar-refractivity contribution in [1.82, 2.24) is 5.32 Å². The van der Waals surface area contributed by atoms with E-state index in [1.165, 1.54) is 6.07 Å². The van der Waals surface area contributed by atoms with Crippen LogP contribution in [0, 0.1) is 11.6 Å². The lowest BCUT2D eigenvalue weighted by Crippen LogP contribution is -2.35. The lowest BCUT2D eigenvalue weighted by Gasteiger charge is -2.10. The predicted octanol–water partition coefficient (Wildman–Crippen LogP) is 1.80. The molecular weight excluding hydrogens is 240 g/mol. The molecule has 1 amide bonds. The molecule has 98 valence electrons. The molecule has 1 aromatic rings. The second kappa shape index (κ2) is 5.91. The van der Waals surface area contributed by atoms with Gasteiger partial charge in [-0.3, -0.25) is 4.79 Å². The van der Waals surface area contributed by atoms with Gasteiger partial charge in [-0.25, -0.2) is 8.78 Å². The predicted molar refractivity (Wildman–Crippen MR) is 62.0 cm³/mol. The Morgan fingerprint density at radius 2 is 2.22 bits per heavy atom. The topological polar surface area (TPSA) is 38.3 Å². The third-order valence-electron chi connectivity index (χ3n) is 2.92. The molecule has 1 aliphatic rings. The van der Waals surface area contributed by atoms with Crippen molar-refractivity contribution in [2.45, 2.75) is 25.4 Å². The van der Waals surface area contributed by atoms with Gasteiger partial charge in [-0.15, -0.1) is 0 Å². The van der Waals surface area contributed by atoms with Gasteiger partial charge in [0.05, 0.1) is 0 Å². The molecule has 1 aliphatic heterocycles. The fraction of sp³-hybridized carbons (Fsp3) is 0.462. The molecule has 1 heterocycles. The van der Waals surface area contributed by atoms with Crippen molar-refractivity contribution in [3.63, 3.8) is 0 Å². The Bertz CT molecular complexity index is 431. The number of ether oxygens (including phenoxy) is 1. The van der Waals surface area contributed by atoms with Crippen molar-refractivity contribution in [1.29, 1.82) is 0 Å². The minimum absolute atomic E-state index is 0.130. The highest BCUT2D eigenvalue weighted by Crippen LogP contribution is 2.12. The third-order valence-corrected chi connectivity index (χ3v) is 2.92. The number of amides is 1. The average molecular weight is 255 g/mol. The van der Waals surface area contributed by atoms with Crippen LogP contribution in [0.25, 0.3) is 0 Å². The van der Waals surface area contributed by atoms with Gasteiger partial charge >= 0.3 is 0 Å². The van der Waals surface area contributed by atoms with Gasteiger partial charge in [0.2, 0.25) is 5.91 Å². The first-order valence-corrected chi connectivity index (χ1v) is 6.00. The first-order chi connectivity index (χ1) is 8.66. The molecule has 0 radical (unpaired) electrons. The fourth-order valence-electron chi connectivity index (χ4n) is 1.92. The quantitative estimate of drug-likeness (QED) is 0.891. The maximum atomic E-state index is 12.9. The van der Waals surface area contributed by atoms with Crippen LogP contribution in [0.3, 0.4) is 0 Å². The summed E-state index contributed by atoms with van der Waals surface area (Å²) in [6.45, 7) is 1.02.